The molecule has 0 bridgehead atoms. The summed E-state index contributed by atoms with van der Waals surface area (Å²) in [6.07, 6.45) is 2.89. The molecule has 1 N–H and O–H groups in total. The van der Waals surface area contributed by atoms with E-state index in [4.69, 9.17) is 5.11 Å². The van der Waals surface area contributed by atoms with Gasteiger partial charge < -0.3 is 9.67 Å². The molecule has 1 saturated heterocycles. The average Bonchev–Trinajstić information content (AvgIpc) is 2.62. The number of carboxylic acid groups (broad SMARTS) is 1. The lowest BCUT2D eigenvalue weighted by atomic mass is 10.0. The minimum atomic E-state index is -3.62. The highest BCUT2D eigenvalue weighted by Gasteiger charge is 2.41. The molecule has 2 rings (SSSR count). The van der Waals surface area contributed by atoms with Crippen LogP contribution in [0.1, 0.15) is 6.92 Å². The summed E-state index contributed by atoms with van der Waals surface area (Å²) in [6.45, 7) is 2.57. The first-order valence-corrected chi connectivity index (χ1v) is 6.64. The number of imidazole rings is 1. The average molecular weight is 259 g/mol. The van der Waals surface area contributed by atoms with E-state index in [2.05, 4.69) is 4.98 Å². The number of sulfonamides is 1. The molecule has 0 atom stereocenters. The second kappa shape index (κ2) is 4.11. The van der Waals surface area contributed by atoms with E-state index in [1.165, 1.54) is 12.5 Å². The Bertz CT molecular complexity index is 530. The number of nitrogens with zero attached hydrogens (tertiary/aromatic N) is 3. The van der Waals surface area contributed by atoms with Crippen molar-refractivity contribution in [3.05, 3.63) is 12.5 Å². The Labute approximate surface area is 98.7 Å². The number of hydrogen-bond donors (Lipinski definition) is 1. The Kier molecular flexibility index (Phi) is 2.92. The van der Waals surface area contributed by atoms with Crippen molar-refractivity contribution < 1.29 is 18.3 Å². The van der Waals surface area contributed by atoms with Gasteiger partial charge in [0.2, 0.25) is 0 Å². The van der Waals surface area contributed by atoms with Crippen LogP contribution in [0.5, 0.6) is 0 Å². The summed E-state index contributed by atoms with van der Waals surface area (Å²) in [7, 11) is -3.62. The van der Waals surface area contributed by atoms with Crippen molar-refractivity contribution in [1.82, 2.24) is 13.9 Å². The molecule has 94 valence electrons. The van der Waals surface area contributed by atoms with Crippen LogP contribution in [0.4, 0.5) is 0 Å². The van der Waals surface area contributed by atoms with Crippen LogP contribution in [-0.4, -0.2) is 46.4 Å². The summed E-state index contributed by atoms with van der Waals surface area (Å²) in [5, 5.41) is 8.66. The fourth-order valence-electron chi connectivity index (χ4n) is 1.57. The third kappa shape index (κ3) is 2.05. The van der Waals surface area contributed by atoms with E-state index in [1.54, 1.807) is 4.57 Å². The summed E-state index contributed by atoms with van der Waals surface area (Å²) >= 11 is 0. The normalized spacial score (nSPS) is 17.9. The molecule has 8 heteroatoms. The van der Waals surface area contributed by atoms with E-state index in [0.717, 1.165) is 4.31 Å². The number of aliphatic carboxylic acids is 1. The van der Waals surface area contributed by atoms with Crippen LogP contribution in [0.2, 0.25) is 0 Å². The molecule has 0 spiro atoms. The SMILES string of the molecule is CCn1cnc(S(=O)(=O)N2CC(C(=O)O)C2)c1. The van der Waals surface area contributed by atoms with Crippen LogP contribution >= 0.6 is 0 Å². The van der Waals surface area contributed by atoms with Gasteiger partial charge in [0.1, 0.15) is 0 Å². The molecule has 0 radical (unpaired) electrons. The molecular weight excluding hydrogens is 246 g/mol. The number of carbonyl (C=O) groups is 1. The Hall–Kier alpha value is -1.41. The van der Waals surface area contributed by atoms with Gasteiger partial charge in [-0.3, -0.25) is 4.79 Å². The number of aryl methyl sites for hydroxylation is 1. The fourth-order valence-corrected chi connectivity index (χ4v) is 3.03. The molecule has 2 heterocycles. The van der Waals surface area contributed by atoms with Crippen molar-refractivity contribution in [2.24, 2.45) is 5.92 Å². The topological polar surface area (TPSA) is 92.5 Å². The number of hydrogen-bond acceptors (Lipinski definition) is 4. The molecule has 17 heavy (non-hydrogen) atoms. The first kappa shape index (κ1) is 12.1. The quantitative estimate of drug-likeness (QED) is 0.794. The van der Waals surface area contributed by atoms with Gasteiger partial charge in [0.05, 0.1) is 12.2 Å². The van der Waals surface area contributed by atoms with Crippen LogP contribution in [0.3, 0.4) is 0 Å². The predicted octanol–water partition coefficient (Wildman–Crippen LogP) is -0.392. The van der Waals surface area contributed by atoms with Crippen molar-refractivity contribution in [2.75, 3.05) is 13.1 Å². The lowest BCUT2D eigenvalue weighted by molar-refractivity contribution is -0.145. The molecule has 1 aliphatic heterocycles. The lowest BCUT2D eigenvalue weighted by Gasteiger charge is -2.34. The lowest BCUT2D eigenvalue weighted by Crippen LogP contribution is -2.52. The van der Waals surface area contributed by atoms with Crippen LogP contribution < -0.4 is 0 Å². The molecule has 0 unspecified atom stereocenters. The zero-order chi connectivity index (χ0) is 12.6. The van der Waals surface area contributed by atoms with Gasteiger partial charge >= 0.3 is 5.97 Å². The highest BCUT2D eigenvalue weighted by molar-refractivity contribution is 7.89. The maximum Gasteiger partial charge on any atom is 0.309 e. The minimum Gasteiger partial charge on any atom is -0.481 e. The summed E-state index contributed by atoms with van der Waals surface area (Å²) in [5.74, 6) is -1.56. The zero-order valence-corrected chi connectivity index (χ0v) is 10.1. The molecule has 1 aromatic rings. The molecular formula is C9H13N3O4S. The van der Waals surface area contributed by atoms with Crippen molar-refractivity contribution in [2.45, 2.75) is 18.5 Å². The Morgan fingerprint density at radius 3 is 2.71 bits per heavy atom. The Balaban J connectivity index is 2.13. The van der Waals surface area contributed by atoms with Crippen LogP contribution in [0, 0.1) is 5.92 Å². The molecule has 0 aliphatic carbocycles. The first-order chi connectivity index (χ1) is 7.95. The second-order valence-corrected chi connectivity index (χ2v) is 5.78. The molecule has 0 saturated carbocycles. The van der Waals surface area contributed by atoms with Crippen LogP contribution in [0.15, 0.2) is 17.6 Å². The van der Waals surface area contributed by atoms with Gasteiger partial charge in [-0.2, -0.15) is 4.31 Å². The maximum absolute atomic E-state index is 12.0. The minimum absolute atomic E-state index is 0.0245. The van der Waals surface area contributed by atoms with E-state index in [-0.39, 0.29) is 18.1 Å². The molecule has 0 amide bonds. The standard InChI is InChI=1S/C9H13N3O4S/c1-2-11-5-8(10-6-11)17(15,16)12-3-7(4-12)9(13)14/h5-7H,2-4H2,1H3,(H,13,14). The van der Waals surface area contributed by atoms with Crippen molar-refractivity contribution >= 4 is 16.0 Å². The highest BCUT2D eigenvalue weighted by atomic mass is 32.2. The zero-order valence-electron chi connectivity index (χ0n) is 9.28. The number of rotatable bonds is 4. The fraction of sp³-hybridized carbons (Fsp3) is 0.556. The summed E-state index contributed by atoms with van der Waals surface area (Å²) in [5.41, 5.74) is 0. The summed E-state index contributed by atoms with van der Waals surface area (Å²) in [4.78, 5) is 14.4. The van der Waals surface area contributed by atoms with Gasteiger partial charge in [0.25, 0.3) is 10.0 Å². The van der Waals surface area contributed by atoms with E-state index < -0.39 is 21.9 Å². The third-order valence-electron chi connectivity index (χ3n) is 2.78. The van der Waals surface area contributed by atoms with E-state index in [1.807, 2.05) is 6.92 Å². The number of aromatic nitrogens is 2. The highest BCUT2D eigenvalue weighted by Crippen LogP contribution is 2.24. The third-order valence-corrected chi connectivity index (χ3v) is 4.49. The largest absolute Gasteiger partial charge is 0.481 e. The Morgan fingerprint density at radius 2 is 2.24 bits per heavy atom. The van der Waals surface area contributed by atoms with Crippen LogP contribution in [0.25, 0.3) is 0 Å². The van der Waals surface area contributed by atoms with Gasteiger partial charge in [-0.15, -0.1) is 0 Å². The number of carboxylic acids is 1. The van der Waals surface area contributed by atoms with Gasteiger partial charge in [-0.25, -0.2) is 13.4 Å². The summed E-state index contributed by atoms with van der Waals surface area (Å²) in [6, 6.07) is 0. The Morgan fingerprint density at radius 1 is 1.59 bits per heavy atom. The van der Waals surface area contributed by atoms with Gasteiger partial charge in [0.15, 0.2) is 5.03 Å². The van der Waals surface area contributed by atoms with E-state index in [0.29, 0.717) is 6.54 Å². The van der Waals surface area contributed by atoms with Gasteiger partial charge in [-0.05, 0) is 6.92 Å². The van der Waals surface area contributed by atoms with Gasteiger partial charge in [0, 0.05) is 25.8 Å². The maximum atomic E-state index is 12.0. The first-order valence-electron chi connectivity index (χ1n) is 5.20. The molecule has 0 aromatic carbocycles. The van der Waals surface area contributed by atoms with Crippen molar-refractivity contribution in [1.29, 1.82) is 0 Å². The van der Waals surface area contributed by atoms with E-state index >= 15 is 0 Å². The predicted molar refractivity (Wildman–Crippen MR) is 57.8 cm³/mol. The van der Waals surface area contributed by atoms with Gasteiger partial charge in [-0.1, -0.05) is 0 Å². The molecule has 1 fully saturated rings. The molecule has 1 aliphatic rings. The van der Waals surface area contributed by atoms with Crippen molar-refractivity contribution in [3.8, 4) is 0 Å². The summed E-state index contributed by atoms with van der Waals surface area (Å²) < 4.78 is 26.7. The van der Waals surface area contributed by atoms with Crippen molar-refractivity contribution in [3.63, 3.8) is 0 Å². The smallest absolute Gasteiger partial charge is 0.309 e. The molecule has 1 aromatic heterocycles. The molecule has 7 nitrogen and oxygen atoms in total. The van der Waals surface area contributed by atoms with E-state index in [9.17, 15) is 13.2 Å². The van der Waals surface area contributed by atoms with Crippen LogP contribution in [-0.2, 0) is 21.4 Å². The second-order valence-electron chi connectivity index (χ2n) is 3.90. The monoisotopic (exact) mass is 259 g/mol.